The third-order valence-electron chi connectivity index (χ3n) is 7.64. The average Bonchev–Trinajstić information content (AvgIpc) is 2.95. The third kappa shape index (κ3) is 3.53. The lowest BCUT2D eigenvalue weighted by Crippen LogP contribution is -2.34. The Labute approximate surface area is 202 Å². The van der Waals surface area contributed by atoms with Gasteiger partial charge in [0.2, 0.25) is 0 Å². The van der Waals surface area contributed by atoms with Crippen molar-refractivity contribution in [1.29, 1.82) is 0 Å². The summed E-state index contributed by atoms with van der Waals surface area (Å²) in [7, 11) is 0. The van der Waals surface area contributed by atoms with Crippen LogP contribution in [-0.2, 0) is 10.8 Å². The van der Waals surface area contributed by atoms with E-state index in [-0.39, 0.29) is 16.4 Å². The van der Waals surface area contributed by atoms with Gasteiger partial charge in [-0.3, -0.25) is 0 Å². The van der Waals surface area contributed by atoms with Gasteiger partial charge in [-0.25, -0.2) is 9.79 Å². The van der Waals surface area contributed by atoms with E-state index in [0.29, 0.717) is 0 Å². The molecule has 34 heavy (non-hydrogen) atoms. The minimum atomic E-state index is -0.921. The van der Waals surface area contributed by atoms with Crippen LogP contribution < -0.4 is 4.90 Å². The number of anilines is 2. The first-order chi connectivity index (χ1) is 16.1. The van der Waals surface area contributed by atoms with E-state index in [1.807, 2.05) is 18.2 Å². The Morgan fingerprint density at radius 2 is 1.53 bits per heavy atom. The van der Waals surface area contributed by atoms with E-state index >= 15 is 0 Å². The fourth-order valence-corrected chi connectivity index (χ4v) is 5.44. The molecule has 1 N–H and O–H groups in total. The van der Waals surface area contributed by atoms with E-state index in [2.05, 4.69) is 69.9 Å². The van der Waals surface area contributed by atoms with Gasteiger partial charge in [0.05, 0.1) is 28.3 Å². The second kappa shape index (κ2) is 7.83. The molecule has 0 saturated carbocycles. The molecule has 0 saturated heterocycles. The summed E-state index contributed by atoms with van der Waals surface area (Å²) in [6.07, 6.45) is 2.30. The third-order valence-corrected chi connectivity index (χ3v) is 7.64. The molecule has 3 aromatic rings. The quantitative estimate of drug-likeness (QED) is 0.451. The summed E-state index contributed by atoms with van der Waals surface area (Å²) < 4.78 is 0. The predicted octanol–water partition coefficient (Wildman–Crippen LogP) is 7.37. The lowest BCUT2D eigenvalue weighted by atomic mass is 9.62. The molecule has 4 heteroatoms. The van der Waals surface area contributed by atoms with Crippen LogP contribution in [0.4, 0.5) is 17.1 Å². The first kappa shape index (κ1) is 22.4. The van der Waals surface area contributed by atoms with Crippen molar-refractivity contribution in [2.75, 3.05) is 11.4 Å². The van der Waals surface area contributed by atoms with Gasteiger partial charge in [0.1, 0.15) is 0 Å². The number of aliphatic imine (C=N–C) groups is 1. The maximum absolute atomic E-state index is 11.4. The van der Waals surface area contributed by atoms with Crippen molar-refractivity contribution in [3.05, 3.63) is 88.5 Å². The molecule has 3 aromatic carbocycles. The summed E-state index contributed by atoms with van der Waals surface area (Å²) in [6, 6.07) is 20.1. The Balaban J connectivity index is 1.83. The highest BCUT2D eigenvalue weighted by Gasteiger charge is 2.39. The summed E-state index contributed by atoms with van der Waals surface area (Å²) >= 11 is 0. The van der Waals surface area contributed by atoms with Crippen molar-refractivity contribution in [2.24, 2.45) is 4.99 Å². The number of nitrogens with zero attached hydrogens (tertiary/aromatic N) is 2. The van der Waals surface area contributed by atoms with Gasteiger partial charge in [-0.15, -0.1) is 0 Å². The molecular formula is C30H32N2O2. The summed E-state index contributed by atoms with van der Waals surface area (Å²) in [4.78, 5) is 19.0. The second-order valence-corrected chi connectivity index (χ2v) is 10.8. The minimum absolute atomic E-state index is 0.0777. The van der Waals surface area contributed by atoms with Gasteiger partial charge in [0.15, 0.2) is 0 Å². The molecule has 4 nitrogen and oxygen atoms in total. The van der Waals surface area contributed by atoms with Gasteiger partial charge in [-0.2, -0.15) is 0 Å². The number of carboxylic acid groups (broad SMARTS) is 1. The summed E-state index contributed by atoms with van der Waals surface area (Å²) in [5.74, 6) is -0.921. The van der Waals surface area contributed by atoms with Gasteiger partial charge in [0, 0.05) is 17.7 Å². The summed E-state index contributed by atoms with van der Waals surface area (Å²) in [6.45, 7) is 12.4. The molecule has 0 spiro atoms. The molecule has 1 aliphatic carbocycles. The monoisotopic (exact) mass is 452 g/mol. The molecular weight excluding hydrogens is 420 g/mol. The van der Waals surface area contributed by atoms with E-state index in [4.69, 9.17) is 4.99 Å². The second-order valence-electron chi connectivity index (χ2n) is 10.8. The zero-order chi connectivity index (χ0) is 24.3. The van der Waals surface area contributed by atoms with Crippen LogP contribution in [0.5, 0.6) is 0 Å². The van der Waals surface area contributed by atoms with Crippen LogP contribution in [0.2, 0.25) is 0 Å². The molecule has 0 atom stereocenters. The van der Waals surface area contributed by atoms with Crippen LogP contribution in [0.15, 0.2) is 65.7 Å². The van der Waals surface area contributed by atoms with Crippen LogP contribution in [0.25, 0.3) is 0 Å². The molecule has 174 valence electrons. The Morgan fingerprint density at radius 3 is 2.15 bits per heavy atom. The van der Waals surface area contributed by atoms with E-state index in [1.54, 1.807) is 12.1 Å². The number of hydrogen-bond acceptors (Lipinski definition) is 3. The van der Waals surface area contributed by atoms with Gasteiger partial charge >= 0.3 is 5.97 Å². The van der Waals surface area contributed by atoms with Crippen molar-refractivity contribution in [2.45, 2.75) is 58.3 Å². The molecule has 0 amide bonds. The van der Waals surface area contributed by atoms with Crippen molar-refractivity contribution in [3.63, 3.8) is 0 Å². The fraction of sp³-hybridized carbons (Fsp3) is 0.333. The molecule has 5 rings (SSSR count). The zero-order valence-electron chi connectivity index (χ0n) is 20.6. The molecule has 0 fully saturated rings. The Kier molecular flexibility index (Phi) is 5.16. The number of carbonyl (C=O) groups is 1. The van der Waals surface area contributed by atoms with E-state index in [9.17, 15) is 9.90 Å². The minimum Gasteiger partial charge on any atom is -0.478 e. The molecule has 0 unspecified atom stereocenters. The van der Waals surface area contributed by atoms with Gasteiger partial charge in [-0.05, 0) is 78.1 Å². The first-order valence-electron chi connectivity index (χ1n) is 12.1. The lowest BCUT2D eigenvalue weighted by molar-refractivity contribution is 0.0697. The highest BCUT2D eigenvalue weighted by Crippen LogP contribution is 2.50. The van der Waals surface area contributed by atoms with Crippen LogP contribution in [0.1, 0.15) is 80.1 Å². The highest BCUT2D eigenvalue weighted by molar-refractivity contribution is 6.19. The smallest absolute Gasteiger partial charge is 0.335 e. The molecule has 0 radical (unpaired) electrons. The topological polar surface area (TPSA) is 52.9 Å². The standard InChI is InChI=1S/C30H32N2O2/c1-6-32-25-10-8-7-9-24(25)31-27(19-11-13-20(14-12-19)28(33)34)21-17-22-23(18-26(21)32)30(4,5)16-15-29(22,2)3/h7-14,17-18H,6,15-16H2,1-5H3,(H,33,34). The van der Waals surface area contributed by atoms with Crippen LogP contribution >= 0.6 is 0 Å². The Bertz CT molecular complexity index is 1320. The van der Waals surface area contributed by atoms with Gasteiger partial charge in [-0.1, -0.05) is 52.0 Å². The highest BCUT2D eigenvalue weighted by atomic mass is 16.4. The molecule has 0 bridgehead atoms. The maximum Gasteiger partial charge on any atom is 0.335 e. The molecule has 1 heterocycles. The largest absolute Gasteiger partial charge is 0.478 e. The number of hydrogen-bond donors (Lipinski definition) is 1. The number of para-hydroxylation sites is 2. The van der Waals surface area contributed by atoms with Crippen molar-refractivity contribution in [3.8, 4) is 0 Å². The molecule has 0 aromatic heterocycles. The predicted molar refractivity (Wildman–Crippen MR) is 140 cm³/mol. The lowest BCUT2D eigenvalue weighted by Gasteiger charge is -2.43. The van der Waals surface area contributed by atoms with Crippen LogP contribution in [-0.4, -0.2) is 23.3 Å². The van der Waals surface area contributed by atoms with Crippen molar-refractivity contribution in [1.82, 2.24) is 0 Å². The van der Waals surface area contributed by atoms with Crippen LogP contribution in [0.3, 0.4) is 0 Å². The maximum atomic E-state index is 11.4. The number of aromatic carboxylic acids is 1. The van der Waals surface area contributed by atoms with Crippen LogP contribution in [0, 0.1) is 0 Å². The number of benzene rings is 3. The average molecular weight is 453 g/mol. The van der Waals surface area contributed by atoms with E-state index < -0.39 is 5.97 Å². The molecule has 1 aliphatic heterocycles. The first-order valence-corrected chi connectivity index (χ1v) is 12.1. The van der Waals surface area contributed by atoms with Gasteiger partial charge in [0.25, 0.3) is 0 Å². The van der Waals surface area contributed by atoms with E-state index in [1.165, 1.54) is 11.1 Å². The SMILES string of the molecule is CCN1c2ccccc2N=C(c2ccc(C(=O)O)cc2)c2cc3c(cc21)C(C)(C)CCC3(C)C. The zero-order valence-corrected chi connectivity index (χ0v) is 20.6. The Morgan fingerprint density at radius 1 is 0.912 bits per heavy atom. The normalized spacial score (nSPS) is 17.7. The fourth-order valence-electron chi connectivity index (χ4n) is 5.44. The number of fused-ring (bicyclic) bond motifs is 3. The summed E-state index contributed by atoms with van der Waals surface area (Å²) in [5.41, 5.74) is 9.36. The van der Waals surface area contributed by atoms with E-state index in [0.717, 1.165) is 53.3 Å². The van der Waals surface area contributed by atoms with Crippen molar-refractivity contribution >= 4 is 28.7 Å². The number of rotatable bonds is 3. The number of carboxylic acids is 1. The molecule has 2 aliphatic rings. The van der Waals surface area contributed by atoms with Crippen molar-refractivity contribution < 1.29 is 9.90 Å². The van der Waals surface area contributed by atoms with Gasteiger partial charge < -0.3 is 10.0 Å². The Hall–Kier alpha value is -3.40. The summed E-state index contributed by atoms with van der Waals surface area (Å²) in [5, 5.41) is 9.39.